The van der Waals surface area contributed by atoms with E-state index in [9.17, 15) is 15.0 Å². The molecule has 4 atom stereocenters. The second kappa shape index (κ2) is 15.9. The van der Waals surface area contributed by atoms with Crippen molar-refractivity contribution in [2.24, 2.45) is 23.5 Å². The molecule has 0 heterocycles. The van der Waals surface area contributed by atoms with Crippen LogP contribution in [0, 0.1) is 17.8 Å². The molecule has 5 rings (SSSR count). The molecule has 4 heteroatoms. The predicted molar refractivity (Wildman–Crippen MR) is 181 cm³/mol. The number of carbonyl (C=O) groups is 1. The van der Waals surface area contributed by atoms with Crippen molar-refractivity contribution in [3.8, 4) is 5.75 Å². The molecular formula is C40H55NO3. The number of rotatable bonds is 11. The quantitative estimate of drug-likeness (QED) is 0.178. The highest BCUT2D eigenvalue weighted by atomic mass is 16.4. The number of phenolic OH excluding ortho intramolecular Hbond substituents is 1. The Morgan fingerprint density at radius 2 is 1.66 bits per heavy atom. The van der Waals surface area contributed by atoms with Crippen LogP contribution in [0.2, 0.25) is 0 Å². The van der Waals surface area contributed by atoms with Crippen molar-refractivity contribution in [3.63, 3.8) is 0 Å². The molecule has 0 aromatic heterocycles. The van der Waals surface area contributed by atoms with Gasteiger partial charge in [0.05, 0.1) is 5.92 Å². The van der Waals surface area contributed by atoms with Crippen molar-refractivity contribution in [2.45, 2.75) is 120 Å². The third-order valence-electron chi connectivity index (χ3n) is 11.2. The van der Waals surface area contributed by atoms with Crippen LogP contribution in [0.1, 0.15) is 125 Å². The fraction of sp³-hybridized carbons (Fsp3) is 0.575. The summed E-state index contributed by atoms with van der Waals surface area (Å²) in [4.78, 5) is 12.8. The van der Waals surface area contributed by atoms with Crippen molar-refractivity contribution < 1.29 is 15.0 Å². The third kappa shape index (κ3) is 8.24. The van der Waals surface area contributed by atoms with Crippen LogP contribution in [0.15, 0.2) is 72.3 Å². The predicted octanol–water partition coefficient (Wildman–Crippen LogP) is 9.61. The Bertz CT molecular complexity index is 1260. The number of carboxylic acid groups (broad SMARTS) is 1. The molecule has 3 aliphatic rings. The second-order valence-corrected chi connectivity index (χ2v) is 14.1. The van der Waals surface area contributed by atoms with Gasteiger partial charge in [0, 0.05) is 5.41 Å². The number of phenols is 1. The number of fused-ring (bicyclic) bond motifs is 3. The van der Waals surface area contributed by atoms with Crippen molar-refractivity contribution in [3.05, 3.63) is 89.0 Å². The Hall–Kier alpha value is -2.85. The van der Waals surface area contributed by atoms with Gasteiger partial charge in [-0.2, -0.15) is 0 Å². The number of unbranched alkanes of at least 4 members (excludes halogenated alkanes) is 3. The van der Waals surface area contributed by atoms with Gasteiger partial charge in [-0.1, -0.05) is 105 Å². The van der Waals surface area contributed by atoms with Gasteiger partial charge < -0.3 is 15.9 Å². The van der Waals surface area contributed by atoms with Crippen LogP contribution >= 0.6 is 0 Å². The molecule has 3 aliphatic carbocycles. The lowest BCUT2D eigenvalue weighted by atomic mass is 9.60. The number of aromatic hydroxyl groups is 1. The van der Waals surface area contributed by atoms with Crippen LogP contribution in [0.5, 0.6) is 5.75 Å². The Labute approximate surface area is 265 Å². The molecule has 0 unspecified atom stereocenters. The smallest absolute Gasteiger partial charge is 0.307 e. The van der Waals surface area contributed by atoms with Gasteiger partial charge in [0.2, 0.25) is 0 Å². The molecule has 2 bridgehead atoms. The summed E-state index contributed by atoms with van der Waals surface area (Å²) in [5.74, 6) is 0.832. The molecule has 0 amide bonds. The molecule has 1 fully saturated rings. The van der Waals surface area contributed by atoms with Crippen molar-refractivity contribution in [2.75, 3.05) is 6.54 Å². The zero-order valence-electron chi connectivity index (χ0n) is 26.8. The largest absolute Gasteiger partial charge is 0.508 e. The molecule has 44 heavy (non-hydrogen) atoms. The van der Waals surface area contributed by atoms with Gasteiger partial charge in [0.15, 0.2) is 0 Å². The van der Waals surface area contributed by atoms with E-state index in [-0.39, 0.29) is 11.3 Å². The SMILES string of the molecule is NCCC1=C[C@H](CCCCCC[C@H]2CC=CC[C@@H](C(=O)O)C3(CCCCC3)c3cccc(c3)C[C@@H]2c2ccc(O)cc2)CC1. The summed E-state index contributed by atoms with van der Waals surface area (Å²) in [7, 11) is 0. The highest BCUT2D eigenvalue weighted by Gasteiger charge is 2.44. The Balaban J connectivity index is 1.32. The minimum atomic E-state index is -0.652. The lowest BCUT2D eigenvalue weighted by Gasteiger charge is -2.42. The van der Waals surface area contributed by atoms with Gasteiger partial charge in [-0.25, -0.2) is 0 Å². The summed E-state index contributed by atoms with van der Waals surface area (Å²) in [6.45, 7) is 0.770. The fourth-order valence-electron chi connectivity index (χ4n) is 8.77. The molecular weight excluding hydrogens is 542 g/mol. The van der Waals surface area contributed by atoms with E-state index in [1.807, 2.05) is 12.1 Å². The number of nitrogens with two attached hydrogens (primary N) is 1. The zero-order valence-corrected chi connectivity index (χ0v) is 26.8. The average molecular weight is 598 g/mol. The monoisotopic (exact) mass is 597 g/mol. The maximum Gasteiger partial charge on any atom is 0.307 e. The van der Waals surface area contributed by atoms with Crippen LogP contribution < -0.4 is 5.73 Å². The first kappa shape index (κ1) is 32.5. The molecule has 0 radical (unpaired) electrons. The second-order valence-electron chi connectivity index (χ2n) is 14.1. The number of carboxylic acids is 1. The zero-order chi connectivity index (χ0) is 30.8. The van der Waals surface area contributed by atoms with Gasteiger partial charge in [-0.3, -0.25) is 4.79 Å². The normalized spacial score (nSPS) is 25.2. The Kier molecular flexibility index (Phi) is 11.8. The summed E-state index contributed by atoms with van der Waals surface area (Å²) < 4.78 is 0. The average Bonchev–Trinajstić information content (AvgIpc) is 3.48. The lowest BCUT2D eigenvalue weighted by Crippen LogP contribution is -2.41. The van der Waals surface area contributed by atoms with Gasteiger partial charge in [-0.05, 0) is 117 Å². The molecule has 1 spiro atoms. The number of allylic oxidation sites excluding steroid dienone is 3. The highest BCUT2D eigenvalue weighted by molar-refractivity contribution is 5.73. The summed E-state index contributed by atoms with van der Waals surface area (Å²) in [6, 6.07) is 16.9. The van der Waals surface area contributed by atoms with Gasteiger partial charge in [0.25, 0.3) is 0 Å². The topological polar surface area (TPSA) is 83.6 Å². The first-order chi connectivity index (χ1) is 21.5. The summed E-state index contributed by atoms with van der Waals surface area (Å²) >= 11 is 0. The van der Waals surface area contributed by atoms with E-state index in [1.54, 1.807) is 5.57 Å². The summed E-state index contributed by atoms with van der Waals surface area (Å²) in [5, 5.41) is 20.6. The highest BCUT2D eigenvalue weighted by Crippen LogP contribution is 2.48. The molecule has 4 nitrogen and oxygen atoms in total. The standard InChI is InChI=1S/C40H55NO3/c41-26-23-31-18-17-30(27-31)11-4-1-2-5-13-33-14-6-7-16-38(39(43)44)40(24-8-3-9-25-40)35-15-10-12-32(28-35)29-37(33)34-19-21-36(42)22-20-34/h6-7,10,12,15,19-22,27-28,30,33,37-38,42H,1-5,8-9,11,13-14,16-18,23-26,29,41H2,(H,43,44)/t30-,33+,37+,38+/m1/s1. The van der Waals surface area contributed by atoms with Gasteiger partial charge in [0.1, 0.15) is 5.75 Å². The maximum atomic E-state index is 12.8. The van der Waals surface area contributed by atoms with Gasteiger partial charge in [-0.15, -0.1) is 0 Å². The van der Waals surface area contributed by atoms with Gasteiger partial charge >= 0.3 is 5.97 Å². The maximum absolute atomic E-state index is 12.8. The molecule has 2 aromatic carbocycles. The van der Waals surface area contributed by atoms with Crippen molar-refractivity contribution in [1.29, 1.82) is 0 Å². The molecule has 2 aromatic rings. The van der Waals surface area contributed by atoms with E-state index < -0.39 is 5.97 Å². The van der Waals surface area contributed by atoms with Crippen molar-refractivity contribution >= 4 is 5.97 Å². The van der Waals surface area contributed by atoms with E-state index in [0.29, 0.717) is 24.0 Å². The number of benzene rings is 2. The number of hydrogen-bond donors (Lipinski definition) is 3. The number of aliphatic carboxylic acids is 1. The summed E-state index contributed by atoms with van der Waals surface area (Å²) in [5.41, 5.74) is 10.9. The van der Waals surface area contributed by atoms with E-state index in [0.717, 1.165) is 63.8 Å². The van der Waals surface area contributed by atoms with E-state index in [2.05, 4.69) is 54.6 Å². The van der Waals surface area contributed by atoms with E-state index in [1.165, 1.54) is 68.1 Å². The van der Waals surface area contributed by atoms with Crippen LogP contribution in [-0.4, -0.2) is 22.7 Å². The van der Waals surface area contributed by atoms with E-state index in [4.69, 9.17) is 5.73 Å². The first-order valence-electron chi connectivity index (χ1n) is 17.6. The lowest BCUT2D eigenvalue weighted by molar-refractivity contribution is -0.145. The molecule has 238 valence electrons. The van der Waals surface area contributed by atoms with Crippen LogP contribution in [0.25, 0.3) is 0 Å². The fourth-order valence-corrected chi connectivity index (χ4v) is 8.77. The first-order valence-corrected chi connectivity index (χ1v) is 17.6. The number of hydrogen-bond acceptors (Lipinski definition) is 3. The Morgan fingerprint density at radius 3 is 2.41 bits per heavy atom. The minimum Gasteiger partial charge on any atom is -0.508 e. The van der Waals surface area contributed by atoms with E-state index >= 15 is 0 Å². The third-order valence-corrected chi connectivity index (χ3v) is 11.2. The molecule has 1 saturated carbocycles. The van der Waals surface area contributed by atoms with Crippen LogP contribution in [0.4, 0.5) is 0 Å². The molecule has 0 saturated heterocycles. The molecule has 0 aliphatic heterocycles. The van der Waals surface area contributed by atoms with Crippen LogP contribution in [-0.2, 0) is 16.6 Å². The van der Waals surface area contributed by atoms with Crippen molar-refractivity contribution in [1.82, 2.24) is 0 Å². The minimum absolute atomic E-state index is 0.294. The summed E-state index contributed by atoms with van der Waals surface area (Å²) in [6.07, 6.45) is 25.9. The van der Waals surface area contributed by atoms with Crippen LogP contribution in [0.3, 0.4) is 0 Å². The Morgan fingerprint density at radius 1 is 0.909 bits per heavy atom. The molecule has 4 N–H and O–H groups in total.